The average Bonchev–Trinajstić information content (AvgIpc) is 3.11. The fourth-order valence-electron chi connectivity index (χ4n) is 4.03. The molecule has 4 rings (SSSR count). The average molecular weight is 363 g/mol. The van der Waals surface area contributed by atoms with E-state index in [1.807, 2.05) is 43.3 Å². The van der Waals surface area contributed by atoms with Crippen LogP contribution in [-0.2, 0) is 15.1 Å². The van der Waals surface area contributed by atoms with Gasteiger partial charge in [-0.2, -0.15) is 15.0 Å². The summed E-state index contributed by atoms with van der Waals surface area (Å²) in [5.74, 6) is -0.724. The highest BCUT2D eigenvalue weighted by Crippen LogP contribution is 2.47. The van der Waals surface area contributed by atoms with E-state index in [1.165, 1.54) is 0 Å². The fourth-order valence-corrected chi connectivity index (χ4v) is 4.03. The second-order valence-corrected chi connectivity index (χ2v) is 7.36. The number of carbonyl (C=O) groups excluding carboxylic acids is 2. The zero-order chi connectivity index (χ0) is 19.2. The Labute approximate surface area is 157 Å². The largest absolute Gasteiger partial charge is 0.465 e. The van der Waals surface area contributed by atoms with Crippen LogP contribution < -0.4 is 0 Å². The molecule has 0 radical (unpaired) electrons. The van der Waals surface area contributed by atoms with Crippen LogP contribution >= 0.6 is 0 Å². The second-order valence-electron chi connectivity index (χ2n) is 7.36. The van der Waals surface area contributed by atoms with Crippen LogP contribution in [0.25, 0.3) is 11.0 Å². The molecule has 1 aromatic heterocycles. The van der Waals surface area contributed by atoms with Crippen molar-refractivity contribution in [2.45, 2.75) is 32.7 Å². The maximum Gasteiger partial charge on any atom is 0.319 e. The summed E-state index contributed by atoms with van der Waals surface area (Å²) in [5, 5.41) is 9.29. The summed E-state index contributed by atoms with van der Waals surface area (Å²) in [6, 6.07) is 15.0. The Morgan fingerprint density at radius 1 is 1.07 bits per heavy atom. The molecular formula is C21H21N3O3. The van der Waals surface area contributed by atoms with E-state index in [2.05, 4.69) is 10.2 Å². The number of hydrogen-bond acceptors (Lipinski definition) is 5. The molecule has 6 nitrogen and oxygen atoms in total. The van der Waals surface area contributed by atoms with Gasteiger partial charge in [0.2, 0.25) is 0 Å². The molecule has 1 aliphatic carbocycles. The highest BCUT2D eigenvalue weighted by molar-refractivity contribution is 6.14. The van der Waals surface area contributed by atoms with Gasteiger partial charge in [0.25, 0.3) is 0 Å². The van der Waals surface area contributed by atoms with Gasteiger partial charge in [0.05, 0.1) is 6.61 Å². The van der Waals surface area contributed by atoms with Crippen LogP contribution in [-0.4, -0.2) is 33.4 Å². The predicted molar refractivity (Wildman–Crippen MR) is 100 cm³/mol. The van der Waals surface area contributed by atoms with Crippen molar-refractivity contribution in [1.82, 2.24) is 15.0 Å². The van der Waals surface area contributed by atoms with Crippen LogP contribution in [0.5, 0.6) is 0 Å². The monoisotopic (exact) mass is 363 g/mol. The van der Waals surface area contributed by atoms with Gasteiger partial charge in [0.15, 0.2) is 5.78 Å². The second kappa shape index (κ2) is 6.01. The van der Waals surface area contributed by atoms with E-state index in [1.54, 1.807) is 30.8 Å². The van der Waals surface area contributed by atoms with Crippen LogP contribution in [0.4, 0.5) is 0 Å². The maximum absolute atomic E-state index is 13.2. The van der Waals surface area contributed by atoms with Crippen molar-refractivity contribution >= 4 is 22.8 Å². The zero-order valence-electron chi connectivity index (χ0n) is 15.6. The minimum absolute atomic E-state index is 0.217. The first kappa shape index (κ1) is 17.4. The molecule has 0 fully saturated rings. The van der Waals surface area contributed by atoms with Gasteiger partial charge in [-0.3, -0.25) is 9.59 Å². The Bertz CT molecular complexity index is 1020. The fraction of sp³-hybridized carbons (Fsp3) is 0.333. The molecule has 0 bridgehead atoms. The molecule has 2 aromatic carbocycles. The highest BCUT2D eigenvalue weighted by atomic mass is 16.5. The summed E-state index contributed by atoms with van der Waals surface area (Å²) >= 11 is 0. The summed E-state index contributed by atoms with van der Waals surface area (Å²) in [4.78, 5) is 27.6. The lowest BCUT2D eigenvalue weighted by Gasteiger charge is -2.42. The topological polar surface area (TPSA) is 74.1 Å². The number of fused-ring (bicyclic) bond motifs is 2. The highest BCUT2D eigenvalue weighted by Gasteiger charge is 2.55. The van der Waals surface area contributed by atoms with Gasteiger partial charge >= 0.3 is 5.97 Å². The standard InChI is InChI=1S/C21H21N3O3/c1-4-27-19(26)20(2)13-21(3,15-10-6-5-9-14(15)18(20)25)24-22-16-11-7-8-12-17(16)23-24/h5-12H,4,13H2,1-3H3/t20-,21-/m0/s1. The Morgan fingerprint density at radius 2 is 1.67 bits per heavy atom. The van der Waals surface area contributed by atoms with Gasteiger partial charge in [-0.1, -0.05) is 36.4 Å². The molecule has 0 spiro atoms. The van der Waals surface area contributed by atoms with E-state index in [0.717, 1.165) is 16.6 Å². The van der Waals surface area contributed by atoms with E-state index >= 15 is 0 Å². The molecule has 1 heterocycles. The molecular weight excluding hydrogens is 342 g/mol. The minimum Gasteiger partial charge on any atom is -0.465 e. The number of rotatable bonds is 3. The molecule has 0 saturated carbocycles. The number of esters is 1. The number of nitrogens with zero attached hydrogens (tertiary/aromatic N) is 3. The zero-order valence-corrected chi connectivity index (χ0v) is 15.6. The number of ketones is 1. The van der Waals surface area contributed by atoms with Gasteiger partial charge < -0.3 is 4.74 Å². The number of aromatic nitrogens is 3. The first-order valence-electron chi connectivity index (χ1n) is 9.04. The van der Waals surface area contributed by atoms with E-state index < -0.39 is 16.9 Å². The molecule has 1 aliphatic rings. The quantitative estimate of drug-likeness (QED) is 0.527. The van der Waals surface area contributed by atoms with Crippen molar-refractivity contribution in [3.8, 4) is 0 Å². The maximum atomic E-state index is 13.2. The molecule has 6 heteroatoms. The normalized spacial score (nSPS) is 24.6. The molecule has 0 saturated heterocycles. The number of hydrogen-bond donors (Lipinski definition) is 0. The first-order valence-corrected chi connectivity index (χ1v) is 9.04. The third-order valence-corrected chi connectivity index (χ3v) is 5.40. The minimum atomic E-state index is -1.29. The molecule has 0 amide bonds. The first-order chi connectivity index (χ1) is 12.9. The van der Waals surface area contributed by atoms with Crippen LogP contribution in [0.2, 0.25) is 0 Å². The molecule has 0 aliphatic heterocycles. The van der Waals surface area contributed by atoms with Crippen molar-refractivity contribution in [1.29, 1.82) is 0 Å². The number of carbonyl (C=O) groups is 2. The van der Waals surface area contributed by atoms with Crippen molar-refractivity contribution in [2.75, 3.05) is 6.61 Å². The van der Waals surface area contributed by atoms with Crippen molar-refractivity contribution in [3.63, 3.8) is 0 Å². The Kier molecular flexibility index (Phi) is 3.87. The van der Waals surface area contributed by atoms with Gasteiger partial charge in [-0.05, 0) is 38.5 Å². The van der Waals surface area contributed by atoms with Crippen molar-refractivity contribution in [3.05, 3.63) is 59.7 Å². The van der Waals surface area contributed by atoms with Gasteiger partial charge in [0, 0.05) is 12.0 Å². The molecule has 0 unspecified atom stereocenters. The Hall–Kier alpha value is -3.02. The molecule has 138 valence electrons. The van der Waals surface area contributed by atoms with E-state index in [9.17, 15) is 9.59 Å². The molecule has 0 N–H and O–H groups in total. The number of ether oxygens (including phenoxy) is 1. The van der Waals surface area contributed by atoms with Gasteiger partial charge in [0.1, 0.15) is 22.0 Å². The van der Waals surface area contributed by atoms with E-state index in [4.69, 9.17) is 4.74 Å². The lowest BCUT2D eigenvalue weighted by atomic mass is 9.64. The summed E-state index contributed by atoms with van der Waals surface area (Å²) in [6.45, 7) is 5.59. The van der Waals surface area contributed by atoms with E-state index in [-0.39, 0.29) is 18.8 Å². The van der Waals surface area contributed by atoms with Crippen LogP contribution in [0.3, 0.4) is 0 Å². The van der Waals surface area contributed by atoms with Gasteiger partial charge in [-0.15, -0.1) is 0 Å². The Balaban J connectivity index is 1.94. The van der Waals surface area contributed by atoms with Crippen molar-refractivity contribution in [2.24, 2.45) is 5.41 Å². The SMILES string of the molecule is CCOC(=O)[C@@]1(C)C[C@](C)(n2nc3ccccc3n2)c2ccccc2C1=O. The predicted octanol–water partition coefficient (Wildman–Crippen LogP) is 3.35. The molecule has 2 atom stereocenters. The van der Waals surface area contributed by atoms with Crippen molar-refractivity contribution < 1.29 is 14.3 Å². The summed E-state index contributed by atoms with van der Waals surface area (Å²) < 4.78 is 5.25. The molecule has 3 aromatic rings. The lowest BCUT2D eigenvalue weighted by molar-refractivity contribution is -0.153. The smallest absolute Gasteiger partial charge is 0.319 e. The number of Topliss-reactive ketones (excluding diaryl/α,β-unsaturated/α-hetero) is 1. The third kappa shape index (κ3) is 2.47. The van der Waals surface area contributed by atoms with Crippen LogP contribution in [0, 0.1) is 5.41 Å². The summed E-state index contributed by atoms with van der Waals surface area (Å²) in [5.41, 5.74) is 0.821. The summed E-state index contributed by atoms with van der Waals surface area (Å²) in [6.07, 6.45) is 0.232. The Morgan fingerprint density at radius 3 is 2.30 bits per heavy atom. The molecule has 27 heavy (non-hydrogen) atoms. The summed E-state index contributed by atoms with van der Waals surface area (Å²) in [7, 11) is 0. The van der Waals surface area contributed by atoms with Crippen LogP contribution in [0.15, 0.2) is 48.5 Å². The van der Waals surface area contributed by atoms with E-state index in [0.29, 0.717) is 5.56 Å². The van der Waals surface area contributed by atoms with Gasteiger partial charge in [-0.25, -0.2) is 0 Å². The number of benzene rings is 2. The third-order valence-electron chi connectivity index (χ3n) is 5.40. The van der Waals surface area contributed by atoms with Crippen LogP contribution in [0.1, 0.15) is 43.1 Å². The lowest BCUT2D eigenvalue weighted by Crippen LogP contribution is -2.51.